The van der Waals surface area contributed by atoms with Crippen molar-refractivity contribution < 1.29 is 4.79 Å². The molecule has 0 saturated heterocycles. The van der Waals surface area contributed by atoms with Crippen molar-refractivity contribution in [2.75, 3.05) is 0 Å². The van der Waals surface area contributed by atoms with Gasteiger partial charge < -0.3 is 4.98 Å². The zero-order valence-corrected chi connectivity index (χ0v) is 7.37. The number of aromatic nitrogens is 2. The third-order valence-electron chi connectivity index (χ3n) is 2.23. The number of carbonyl (C=O) groups excluding carboxylic acids is 1. The molecule has 0 radical (unpaired) electrons. The molecule has 0 aliphatic carbocycles. The minimum atomic E-state index is -0.356. The molecule has 1 aliphatic heterocycles. The standard InChI is InChI=1S/C8H9N5O/c9-3-11-8(14)6-1-5-7(2-10-6)13-4-12-5/h4,6,10H,1-2H2,(H,11,14)(H,12,13). The van der Waals surface area contributed by atoms with Crippen LogP contribution in [0.2, 0.25) is 0 Å². The number of carbonyl (C=O) groups is 1. The Bertz CT molecular complexity index is 391. The number of nitrogens with zero attached hydrogens (tertiary/aromatic N) is 2. The summed E-state index contributed by atoms with van der Waals surface area (Å²) in [6.45, 7) is 0.582. The fourth-order valence-electron chi connectivity index (χ4n) is 1.50. The topological polar surface area (TPSA) is 93.6 Å². The fraction of sp³-hybridized carbons (Fsp3) is 0.375. The van der Waals surface area contributed by atoms with Gasteiger partial charge in [-0.05, 0) is 0 Å². The second-order valence-corrected chi connectivity index (χ2v) is 3.07. The molecule has 6 heteroatoms. The number of hydrogen-bond acceptors (Lipinski definition) is 4. The molecule has 1 aromatic heterocycles. The smallest absolute Gasteiger partial charge is 0.250 e. The van der Waals surface area contributed by atoms with E-state index in [1.54, 1.807) is 12.5 Å². The highest BCUT2D eigenvalue weighted by molar-refractivity contribution is 5.83. The van der Waals surface area contributed by atoms with Crippen LogP contribution in [-0.2, 0) is 17.8 Å². The lowest BCUT2D eigenvalue weighted by molar-refractivity contribution is -0.122. The van der Waals surface area contributed by atoms with Crippen LogP contribution >= 0.6 is 0 Å². The van der Waals surface area contributed by atoms with E-state index in [1.165, 1.54) is 0 Å². The molecule has 0 spiro atoms. The zero-order chi connectivity index (χ0) is 9.97. The lowest BCUT2D eigenvalue weighted by Crippen LogP contribution is -2.46. The van der Waals surface area contributed by atoms with Gasteiger partial charge in [0, 0.05) is 13.0 Å². The van der Waals surface area contributed by atoms with E-state index < -0.39 is 0 Å². The lowest BCUT2D eigenvalue weighted by Gasteiger charge is -2.20. The minimum Gasteiger partial charge on any atom is -0.347 e. The molecule has 0 saturated carbocycles. The van der Waals surface area contributed by atoms with Gasteiger partial charge in [0.1, 0.15) is 0 Å². The molecule has 0 aromatic carbocycles. The average molecular weight is 191 g/mol. The molecular formula is C8H9N5O. The van der Waals surface area contributed by atoms with Crippen LogP contribution in [0.15, 0.2) is 6.33 Å². The normalized spacial score (nSPS) is 19.5. The number of rotatable bonds is 1. The number of amides is 1. The first kappa shape index (κ1) is 8.72. The van der Waals surface area contributed by atoms with Gasteiger partial charge in [-0.3, -0.25) is 15.4 Å². The molecule has 1 atom stereocenters. The van der Waals surface area contributed by atoms with Gasteiger partial charge in [-0.25, -0.2) is 4.98 Å². The highest BCUT2D eigenvalue weighted by atomic mass is 16.2. The Balaban J connectivity index is 2.08. The summed E-state index contributed by atoms with van der Waals surface area (Å²) in [4.78, 5) is 18.4. The number of hydrogen-bond donors (Lipinski definition) is 3. The average Bonchev–Trinajstić information content (AvgIpc) is 2.64. The summed E-state index contributed by atoms with van der Waals surface area (Å²) in [5.74, 6) is -0.304. The van der Waals surface area contributed by atoms with Crippen molar-refractivity contribution in [2.24, 2.45) is 0 Å². The highest BCUT2D eigenvalue weighted by Gasteiger charge is 2.25. The third-order valence-corrected chi connectivity index (χ3v) is 2.23. The molecule has 6 nitrogen and oxygen atoms in total. The molecule has 1 aromatic rings. The van der Waals surface area contributed by atoms with Crippen molar-refractivity contribution >= 4 is 5.91 Å². The molecule has 1 unspecified atom stereocenters. The zero-order valence-electron chi connectivity index (χ0n) is 7.37. The van der Waals surface area contributed by atoms with Gasteiger partial charge in [0.15, 0.2) is 6.19 Å². The SMILES string of the molecule is N#CNC(=O)C1Cc2nc[nH]c2CN1. The Hall–Kier alpha value is -1.87. The first-order chi connectivity index (χ1) is 6.81. The number of aromatic amines is 1. The van der Waals surface area contributed by atoms with E-state index in [2.05, 4.69) is 20.6 Å². The molecule has 3 N–H and O–H groups in total. The van der Waals surface area contributed by atoms with E-state index in [4.69, 9.17) is 5.26 Å². The van der Waals surface area contributed by atoms with Crippen LogP contribution in [0, 0.1) is 11.5 Å². The molecule has 0 bridgehead atoms. The summed E-state index contributed by atoms with van der Waals surface area (Å²) in [5, 5.41) is 13.4. The largest absolute Gasteiger partial charge is 0.347 e. The second-order valence-electron chi connectivity index (χ2n) is 3.07. The van der Waals surface area contributed by atoms with Crippen LogP contribution in [0.1, 0.15) is 11.4 Å². The van der Waals surface area contributed by atoms with E-state index in [9.17, 15) is 4.79 Å². The van der Waals surface area contributed by atoms with E-state index in [-0.39, 0.29) is 11.9 Å². The van der Waals surface area contributed by atoms with Crippen LogP contribution in [0.4, 0.5) is 0 Å². The van der Waals surface area contributed by atoms with Gasteiger partial charge >= 0.3 is 0 Å². The molecule has 14 heavy (non-hydrogen) atoms. The van der Waals surface area contributed by atoms with Crippen molar-refractivity contribution in [3.05, 3.63) is 17.7 Å². The maximum absolute atomic E-state index is 11.3. The molecule has 1 amide bonds. The van der Waals surface area contributed by atoms with E-state index in [0.717, 1.165) is 11.4 Å². The van der Waals surface area contributed by atoms with Crippen LogP contribution in [0.25, 0.3) is 0 Å². The summed E-state index contributed by atoms with van der Waals surface area (Å²) in [7, 11) is 0. The van der Waals surface area contributed by atoms with Gasteiger partial charge in [0.25, 0.3) is 5.91 Å². The predicted octanol–water partition coefficient (Wildman–Crippen LogP) is -0.979. The van der Waals surface area contributed by atoms with Crippen molar-refractivity contribution in [1.29, 1.82) is 5.26 Å². The Morgan fingerprint density at radius 2 is 2.64 bits per heavy atom. The summed E-state index contributed by atoms with van der Waals surface area (Å²) in [6, 6.07) is -0.356. The Labute approximate surface area is 80.3 Å². The number of nitriles is 1. The van der Waals surface area contributed by atoms with Gasteiger partial charge in [0.05, 0.1) is 23.8 Å². The van der Waals surface area contributed by atoms with Crippen molar-refractivity contribution in [3.63, 3.8) is 0 Å². The predicted molar refractivity (Wildman–Crippen MR) is 46.7 cm³/mol. The van der Waals surface area contributed by atoms with Crippen LogP contribution < -0.4 is 10.6 Å². The minimum absolute atomic E-state index is 0.304. The lowest BCUT2D eigenvalue weighted by atomic mass is 10.1. The summed E-state index contributed by atoms with van der Waals surface area (Å²) < 4.78 is 0. The van der Waals surface area contributed by atoms with Crippen molar-refractivity contribution in [3.8, 4) is 6.19 Å². The van der Waals surface area contributed by atoms with Crippen LogP contribution in [-0.4, -0.2) is 21.9 Å². The molecule has 0 fully saturated rings. The Morgan fingerprint density at radius 3 is 3.43 bits per heavy atom. The molecular weight excluding hydrogens is 182 g/mol. The third kappa shape index (κ3) is 1.45. The molecule has 1 aliphatic rings. The number of nitrogens with one attached hydrogen (secondary N) is 3. The van der Waals surface area contributed by atoms with Gasteiger partial charge in [-0.15, -0.1) is 0 Å². The van der Waals surface area contributed by atoms with E-state index >= 15 is 0 Å². The molecule has 2 heterocycles. The maximum atomic E-state index is 11.3. The monoisotopic (exact) mass is 191 g/mol. The first-order valence-corrected chi connectivity index (χ1v) is 4.24. The summed E-state index contributed by atoms with van der Waals surface area (Å²) >= 11 is 0. The van der Waals surface area contributed by atoms with E-state index in [1.807, 2.05) is 0 Å². The number of H-pyrrole nitrogens is 1. The van der Waals surface area contributed by atoms with Gasteiger partial charge in [-0.2, -0.15) is 5.26 Å². The second kappa shape index (κ2) is 3.47. The highest BCUT2D eigenvalue weighted by Crippen LogP contribution is 2.11. The number of fused-ring (bicyclic) bond motifs is 1. The van der Waals surface area contributed by atoms with Crippen LogP contribution in [0.3, 0.4) is 0 Å². The van der Waals surface area contributed by atoms with Crippen molar-refractivity contribution in [2.45, 2.75) is 19.0 Å². The maximum Gasteiger partial charge on any atom is 0.250 e. The first-order valence-electron chi connectivity index (χ1n) is 4.24. The quantitative estimate of drug-likeness (QED) is 0.393. The van der Waals surface area contributed by atoms with Crippen molar-refractivity contribution in [1.82, 2.24) is 20.6 Å². The molecule has 72 valence electrons. The summed E-state index contributed by atoms with van der Waals surface area (Å²) in [5.41, 5.74) is 1.90. The number of imidazole rings is 1. The van der Waals surface area contributed by atoms with Gasteiger partial charge in [0.2, 0.25) is 0 Å². The van der Waals surface area contributed by atoms with E-state index in [0.29, 0.717) is 13.0 Å². The Morgan fingerprint density at radius 1 is 1.79 bits per heavy atom. The van der Waals surface area contributed by atoms with Gasteiger partial charge in [-0.1, -0.05) is 0 Å². The van der Waals surface area contributed by atoms with Crippen LogP contribution in [0.5, 0.6) is 0 Å². The fourth-order valence-corrected chi connectivity index (χ4v) is 1.50. The summed E-state index contributed by atoms with van der Waals surface area (Å²) in [6.07, 6.45) is 3.74. The Kier molecular flexibility index (Phi) is 2.16. The molecule has 2 rings (SSSR count).